The van der Waals surface area contributed by atoms with Crippen LogP contribution in [-0.2, 0) is 0 Å². The van der Waals surface area contributed by atoms with Crippen LogP contribution in [0.5, 0.6) is 0 Å². The number of rotatable bonds is 2. The van der Waals surface area contributed by atoms with Gasteiger partial charge in [-0.15, -0.1) is 10.2 Å². The van der Waals surface area contributed by atoms with E-state index in [-0.39, 0.29) is 5.91 Å². The summed E-state index contributed by atoms with van der Waals surface area (Å²) in [4.78, 5) is 11.6. The van der Waals surface area contributed by atoms with Crippen LogP contribution in [0.1, 0.15) is 10.4 Å². The van der Waals surface area contributed by atoms with Crippen molar-refractivity contribution in [3.63, 3.8) is 0 Å². The summed E-state index contributed by atoms with van der Waals surface area (Å²) in [5.74, 6) is -0.189. The molecule has 1 N–H and O–H groups in total. The Kier molecular flexibility index (Phi) is 2.95. The molecule has 1 aromatic carbocycles. The lowest BCUT2D eigenvalue weighted by atomic mass is 10.2. The van der Waals surface area contributed by atoms with E-state index in [1.807, 2.05) is 12.1 Å². The number of benzene rings is 1. The number of nitrogens with one attached hydrogen (secondary N) is 1. The normalized spacial score (nSPS) is 9.93. The maximum absolute atomic E-state index is 11.6. The first kappa shape index (κ1) is 10.1. The van der Waals surface area contributed by atoms with E-state index in [0.717, 1.165) is 3.57 Å². The highest BCUT2D eigenvalue weighted by Gasteiger charge is 2.04. The van der Waals surface area contributed by atoms with Crippen molar-refractivity contribution in [2.75, 3.05) is 5.43 Å². The van der Waals surface area contributed by atoms with Gasteiger partial charge in [0, 0.05) is 9.13 Å². The second-order valence-corrected chi connectivity index (χ2v) is 4.06. The number of amides is 1. The number of hydrogen-bond donors (Lipinski definition) is 1. The van der Waals surface area contributed by atoms with Gasteiger partial charge in [-0.1, -0.05) is 0 Å². The molecular weight excluding hydrogens is 307 g/mol. The molecule has 0 saturated carbocycles. The van der Waals surface area contributed by atoms with Crippen molar-refractivity contribution in [2.24, 2.45) is 0 Å². The number of carbonyl (C=O) groups is 1. The molecule has 0 saturated heterocycles. The van der Waals surface area contributed by atoms with Gasteiger partial charge >= 0.3 is 0 Å². The van der Waals surface area contributed by atoms with Gasteiger partial charge in [-0.05, 0) is 46.9 Å². The lowest BCUT2D eigenvalue weighted by Gasteiger charge is -2.03. The average molecular weight is 314 g/mol. The first-order chi connectivity index (χ1) is 7.25. The molecular formula is C9H7IN4O. The number of carbonyl (C=O) groups excluding carboxylic acids is 1. The van der Waals surface area contributed by atoms with Crippen LogP contribution >= 0.6 is 22.6 Å². The van der Waals surface area contributed by atoms with Crippen molar-refractivity contribution in [1.82, 2.24) is 14.9 Å². The van der Waals surface area contributed by atoms with Crippen molar-refractivity contribution in [1.29, 1.82) is 0 Å². The van der Waals surface area contributed by atoms with Gasteiger partial charge in [0.05, 0.1) is 0 Å². The summed E-state index contributed by atoms with van der Waals surface area (Å²) in [5, 5.41) is 7.16. The van der Waals surface area contributed by atoms with E-state index in [9.17, 15) is 4.79 Å². The summed E-state index contributed by atoms with van der Waals surface area (Å²) < 4.78 is 2.49. The monoisotopic (exact) mass is 314 g/mol. The number of aromatic nitrogens is 3. The Balaban J connectivity index is 2.11. The van der Waals surface area contributed by atoms with Gasteiger partial charge in [0.25, 0.3) is 5.91 Å². The van der Waals surface area contributed by atoms with E-state index in [4.69, 9.17) is 0 Å². The van der Waals surface area contributed by atoms with E-state index < -0.39 is 0 Å². The number of nitrogens with zero attached hydrogens (tertiary/aromatic N) is 3. The van der Waals surface area contributed by atoms with Crippen LogP contribution in [0.2, 0.25) is 0 Å². The Morgan fingerprint density at radius 3 is 2.40 bits per heavy atom. The van der Waals surface area contributed by atoms with E-state index in [1.54, 1.807) is 12.1 Å². The molecule has 0 bridgehead atoms. The molecule has 5 nitrogen and oxygen atoms in total. The number of hydrogen-bond acceptors (Lipinski definition) is 3. The Morgan fingerprint density at radius 2 is 1.80 bits per heavy atom. The summed E-state index contributed by atoms with van der Waals surface area (Å²) >= 11 is 2.19. The van der Waals surface area contributed by atoms with Crippen LogP contribution in [0.3, 0.4) is 0 Å². The minimum absolute atomic E-state index is 0.189. The summed E-state index contributed by atoms with van der Waals surface area (Å²) in [6, 6.07) is 7.28. The third-order valence-corrected chi connectivity index (χ3v) is 2.47. The van der Waals surface area contributed by atoms with Gasteiger partial charge in [0.15, 0.2) is 0 Å². The Bertz CT molecular complexity index is 451. The molecule has 0 aliphatic heterocycles. The number of halogens is 1. The molecule has 76 valence electrons. The largest absolute Gasteiger partial charge is 0.270 e. The van der Waals surface area contributed by atoms with Crippen molar-refractivity contribution in [3.8, 4) is 0 Å². The molecule has 0 atom stereocenters. The third-order valence-electron chi connectivity index (χ3n) is 1.76. The average Bonchev–Trinajstić information content (AvgIpc) is 2.71. The van der Waals surface area contributed by atoms with E-state index >= 15 is 0 Å². The second kappa shape index (κ2) is 4.39. The molecule has 0 unspecified atom stereocenters. The molecule has 6 heteroatoms. The summed E-state index contributed by atoms with van der Waals surface area (Å²) in [7, 11) is 0. The zero-order valence-corrected chi connectivity index (χ0v) is 9.75. The fraction of sp³-hybridized carbons (Fsp3) is 0. The summed E-state index contributed by atoms with van der Waals surface area (Å²) in [6.45, 7) is 0. The van der Waals surface area contributed by atoms with Crippen molar-refractivity contribution >= 4 is 28.5 Å². The summed E-state index contributed by atoms with van der Waals surface area (Å²) in [5.41, 5.74) is 3.21. The van der Waals surface area contributed by atoms with Crippen molar-refractivity contribution in [3.05, 3.63) is 46.1 Å². The maximum atomic E-state index is 11.6. The molecule has 2 rings (SSSR count). The molecule has 1 heterocycles. The molecule has 0 fully saturated rings. The first-order valence-corrected chi connectivity index (χ1v) is 5.25. The lowest BCUT2D eigenvalue weighted by Crippen LogP contribution is -2.21. The SMILES string of the molecule is O=C(Nn1cnnc1)c1ccc(I)cc1. The minimum atomic E-state index is -0.189. The smallest absolute Gasteiger partial charge is 0.267 e. The van der Waals surface area contributed by atoms with Crippen LogP contribution in [0, 0.1) is 3.57 Å². The van der Waals surface area contributed by atoms with Crippen LogP contribution in [0.15, 0.2) is 36.9 Å². The van der Waals surface area contributed by atoms with Crippen LogP contribution in [-0.4, -0.2) is 20.8 Å². The topological polar surface area (TPSA) is 59.8 Å². The van der Waals surface area contributed by atoms with E-state index in [0.29, 0.717) is 5.56 Å². The van der Waals surface area contributed by atoms with Crippen LogP contribution < -0.4 is 5.43 Å². The fourth-order valence-corrected chi connectivity index (χ4v) is 1.40. The van der Waals surface area contributed by atoms with Gasteiger partial charge in [0.1, 0.15) is 12.7 Å². The van der Waals surface area contributed by atoms with Gasteiger partial charge in [-0.25, -0.2) is 4.68 Å². The molecule has 2 aromatic rings. The zero-order valence-electron chi connectivity index (χ0n) is 7.59. The first-order valence-electron chi connectivity index (χ1n) is 4.17. The molecule has 0 radical (unpaired) electrons. The Labute approximate surface area is 99.6 Å². The van der Waals surface area contributed by atoms with E-state index in [2.05, 4.69) is 38.2 Å². The van der Waals surface area contributed by atoms with Crippen LogP contribution in [0.25, 0.3) is 0 Å². The molecule has 1 amide bonds. The van der Waals surface area contributed by atoms with Gasteiger partial charge < -0.3 is 0 Å². The summed E-state index contributed by atoms with van der Waals surface area (Å²) in [6.07, 6.45) is 2.84. The third kappa shape index (κ3) is 2.52. The van der Waals surface area contributed by atoms with Crippen LogP contribution in [0.4, 0.5) is 0 Å². The van der Waals surface area contributed by atoms with Crippen molar-refractivity contribution in [2.45, 2.75) is 0 Å². The van der Waals surface area contributed by atoms with Gasteiger partial charge in [-0.2, -0.15) is 0 Å². The minimum Gasteiger partial charge on any atom is -0.267 e. The van der Waals surface area contributed by atoms with Gasteiger partial charge in [-0.3, -0.25) is 10.2 Å². The van der Waals surface area contributed by atoms with Crippen molar-refractivity contribution < 1.29 is 4.79 Å². The zero-order chi connectivity index (χ0) is 10.7. The Morgan fingerprint density at radius 1 is 1.20 bits per heavy atom. The second-order valence-electron chi connectivity index (χ2n) is 2.82. The molecule has 1 aromatic heterocycles. The lowest BCUT2D eigenvalue weighted by molar-refractivity contribution is 0.101. The fourth-order valence-electron chi connectivity index (χ4n) is 1.04. The molecule has 0 spiro atoms. The maximum Gasteiger partial charge on any atom is 0.270 e. The predicted octanol–water partition coefficient (Wildman–Crippen LogP) is 1.27. The standard InChI is InChI=1S/C9H7IN4O/c10-8-3-1-7(2-4-8)9(15)13-14-5-11-12-6-14/h1-6H,(H,13,15). The molecule has 15 heavy (non-hydrogen) atoms. The quantitative estimate of drug-likeness (QED) is 0.849. The molecule has 0 aliphatic carbocycles. The highest BCUT2D eigenvalue weighted by molar-refractivity contribution is 14.1. The highest BCUT2D eigenvalue weighted by atomic mass is 127. The highest BCUT2D eigenvalue weighted by Crippen LogP contribution is 2.06. The van der Waals surface area contributed by atoms with E-state index in [1.165, 1.54) is 17.3 Å². The Hall–Kier alpha value is -1.44. The van der Waals surface area contributed by atoms with Gasteiger partial charge in [0.2, 0.25) is 0 Å². The molecule has 0 aliphatic rings. The predicted molar refractivity (Wildman–Crippen MR) is 62.9 cm³/mol.